The lowest BCUT2D eigenvalue weighted by Gasteiger charge is -2.16. The number of fused-ring (bicyclic) bond motifs is 2. The molecule has 0 radical (unpaired) electrons. The monoisotopic (exact) mass is 581 g/mol. The Morgan fingerprint density at radius 3 is 2.63 bits per heavy atom. The first-order chi connectivity index (χ1) is 19.4. The van der Waals surface area contributed by atoms with Crippen LogP contribution < -0.4 is 10.3 Å². The van der Waals surface area contributed by atoms with E-state index >= 15 is 0 Å². The molecule has 1 N–H and O–H groups in total. The van der Waals surface area contributed by atoms with E-state index < -0.39 is 28.8 Å². The number of aromatic nitrogens is 4. The zero-order valence-corrected chi connectivity index (χ0v) is 22.2. The van der Waals surface area contributed by atoms with Crippen molar-refractivity contribution >= 4 is 39.5 Å². The highest BCUT2D eigenvalue weighted by Crippen LogP contribution is 2.37. The average Bonchev–Trinajstić information content (AvgIpc) is 3.27. The average molecular weight is 582 g/mol. The normalized spacial score (nSPS) is 11.6. The molecule has 9 nitrogen and oxygen atoms in total. The van der Waals surface area contributed by atoms with Crippen LogP contribution in [0.15, 0.2) is 53.6 Å². The highest BCUT2D eigenvalue weighted by atomic mass is 35.5. The van der Waals surface area contributed by atoms with Gasteiger partial charge in [-0.1, -0.05) is 11.6 Å². The van der Waals surface area contributed by atoms with Gasteiger partial charge in [-0.25, -0.2) is 9.78 Å². The Labute approximate surface area is 234 Å². The van der Waals surface area contributed by atoms with Crippen molar-refractivity contribution in [3.05, 3.63) is 86.7 Å². The third-order valence-corrected chi connectivity index (χ3v) is 6.82. The van der Waals surface area contributed by atoms with Crippen molar-refractivity contribution in [1.82, 2.24) is 19.1 Å². The molecule has 0 amide bonds. The van der Waals surface area contributed by atoms with Gasteiger partial charge in [0.25, 0.3) is 5.56 Å². The Bertz CT molecular complexity index is 1980. The van der Waals surface area contributed by atoms with Gasteiger partial charge in [0.2, 0.25) is 0 Å². The summed E-state index contributed by atoms with van der Waals surface area (Å²) in [6, 6.07) is 9.66. The fourth-order valence-electron chi connectivity index (χ4n) is 4.76. The zero-order chi connectivity index (χ0) is 29.6. The Morgan fingerprint density at radius 2 is 1.95 bits per heavy atom. The van der Waals surface area contributed by atoms with Crippen LogP contribution in [0.2, 0.25) is 5.02 Å². The molecule has 0 aliphatic rings. The van der Waals surface area contributed by atoms with Crippen molar-refractivity contribution in [3.8, 4) is 22.9 Å². The Kier molecular flexibility index (Phi) is 6.92. The molecule has 0 saturated heterocycles. The summed E-state index contributed by atoms with van der Waals surface area (Å²) in [4.78, 5) is 33.4. The lowest BCUT2D eigenvalue weighted by Crippen LogP contribution is -2.27. The van der Waals surface area contributed by atoms with E-state index in [1.807, 2.05) is 0 Å². The summed E-state index contributed by atoms with van der Waals surface area (Å²) < 4.78 is 48.8. The minimum Gasteiger partial charge on any atom is -0.491 e. The molecule has 0 aliphatic carbocycles. The number of benzene rings is 2. The van der Waals surface area contributed by atoms with E-state index in [0.717, 1.165) is 6.07 Å². The van der Waals surface area contributed by atoms with Crippen LogP contribution in [0.25, 0.3) is 33.1 Å². The number of nitriles is 1. The van der Waals surface area contributed by atoms with Crippen LogP contribution in [0.4, 0.5) is 13.2 Å². The van der Waals surface area contributed by atoms with Crippen molar-refractivity contribution in [2.75, 3.05) is 6.61 Å². The van der Waals surface area contributed by atoms with E-state index in [-0.39, 0.29) is 41.0 Å². The summed E-state index contributed by atoms with van der Waals surface area (Å²) in [6.07, 6.45) is -1.76. The molecule has 5 aromatic rings. The first kappa shape index (κ1) is 27.7. The summed E-state index contributed by atoms with van der Waals surface area (Å²) >= 11 is 6.29. The maximum Gasteiger partial charge on any atom is 0.416 e. The predicted octanol–water partition coefficient (Wildman–Crippen LogP) is 5.58. The quantitative estimate of drug-likeness (QED) is 0.278. The molecule has 0 spiro atoms. The molecule has 41 heavy (non-hydrogen) atoms. The highest BCUT2D eigenvalue weighted by Gasteiger charge is 2.32. The number of alkyl halides is 3. The topological polar surface area (TPSA) is 123 Å². The number of halogens is 4. The minimum atomic E-state index is -4.70. The van der Waals surface area contributed by atoms with Gasteiger partial charge in [0, 0.05) is 35.6 Å². The molecule has 0 unspecified atom stereocenters. The fourth-order valence-corrected chi connectivity index (χ4v) is 4.93. The van der Waals surface area contributed by atoms with Gasteiger partial charge in [-0.05, 0) is 43.3 Å². The number of rotatable bonds is 6. The van der Waals surface area contributed by atoms with Crippen molar-refractivity contribution < 1.29 is 27.8 Å². The molecule has 3 heterocycles. The highest BCUT2D eigenvalue weighted by molar-refractivity contribution is 6.31. The number of hydrogen-bond acceptors (Lipinski definition) is 6. The lowest BCUT2D eigenvalue weighted by atomic mass is 10.0. The van der Waals surface area contributed by atoms with Gasteiger partial charge >= 0.3 is 12.1 Å². The number of carbonyl (C=O) groups is 1. The molecule has 0 atom stereocenters. The van der Waals surface area contributed by atoms with E-state index in [4.69, 9.17) is 16.3 Å². The molecule has 0 aliphatic heterocycles. The second-order valence-corrected chi connectivity index (χ2v) is 9.58. The fraction of sp³-hybridized carbons (Fsp3) is 0.179. The van der Waals surface area contributed by atoms with Gasteiger partial charge in [0.05, 0.1) is 34.1 Å². The van der Waals surface area contributed by atoms with Gasteiger partial charge in [0.1, 0.15) is 35.3 Å². The molecular formula is C28H19ClF3N5O4. The third-order valence-electron chi connectivity index (χ3n) is 6.59. The Hall–Kier alpha value is -4.89. The van der Waals surface area contributed by atoms with Crippen LogP contribution in [0.1, 0.15) is 27.3 Å². The summed E-state index contributed by atoms with van der Waals surface area (Å²) in [5, 5.41) is 19.2. The summed E-state index contributed by atoms with van der Waals surface area (Å²) in [5.41, 5.74) is -0.348. The van der Waals surface area contributed by atoms with E-state index in [9.17, 15) is 33.1 Å². The number of hydrogen-bond donors (Lipinski definition) is 1. The number of carboxylic acids is 1. The first-order valence-corrected chi connectivity index (χ1v) is 12.4. The number of ether oxygens (including phenoxy) is 1. The summed E-state index contributed by atoms with van der Waals surface area (Å²) in [6.45, 7) is 1.40. The molecule has 13 heteroatoms. The van der Waals surface area contributed by atoms with Gasteiger partial charge in [-0.3, -0.25) is 14.3 Å². The number of aryl methyl sites for hydroxylation is 2. The third kappa shape index (κ3) is 4.96. The van der Waals surface area contributed by atoms with Crippen LogP contribution in [0, 0.1) is 18.3 Å². The van der Waals surface area contributed by atoms with Gasteiger partial charge in [-0.15, -0.1) is 0 Å². The van der Waals surface area contributed by atoms with Crippen LogP contribution >= 0.6 is 11.6 Å². The van der Waals surface area contributed by atoms with Crippen LogP contribution in [-0.2, 0) is 19.8 Å². The molecule has 0 bridgehead atoms. The largest absolute Gasteiger partial charge is 0.491 e. The van der Waals surface area contributed by atoms with E-state index in [0.29, 0.717) is 33.5 Å². The molecule has 2 aromatic carbocycles. The molecule has 0 saturated carbocycles. The number of carboxylic acid groups (broad SMARTS) is 1. The zero-order valence-electron chi connectivity index (χ0n) is 21.5. The van der Waals surface area contributed by atoms with Gasteiger partial charge < -0.3 is 14.4 Å². The standard InChI is InChI=1S/C28H19ClF3N5O4/c1-14-35-21-10-16(28(30,31)32)9-15(12-33)23(21)26(38)37(14)7-8-41-22-4-3-17(29)11-19(22)18-5-6-34-24-20(27(39)40)13-36(2)25(18)24/h3-6,9-11,13H,7-8H2,1-2H3,(H,39,40). The van der Waals surface area contributed by atoms with Crippen molar-refractivity contribution in [2.24, 2.45) is 7.05 Å². The SMILES string of the molecule is Cc1nc2cc(C(F)(F)F)cc(C#N)c2c(=O)n1CCOc1ccc(Cl)cc1-c1ccnc2c(C(=O)O)cn(C)c12. The van der Waals surface area contributed by atoms with Crippen LogP contribution in [0.5, 0.6) is 5.75 Å². The number of pyridine rings is 1. The Morgan fingerprint density at radius 1 is 1.20 bits per heavy atom. The molecule has 0 fully saturated rings. The lowest BCUT2D eigenvalue weighted by molar-refractivity contribution is -0.137. The predicted molar refractivity (Wildman–Crippen MR) is 144 cm³/mol. The molecule has 5 rings (SSSR count). The molecule has 208 valence electrons. The maximum absolute atomic E-state index is 13.3. The van der Waals surface area contributed by atoms with E-state index in [2.05, 4.69) is 9.97 Å². The first-order valence-electron chi connectivity index (χ1n) is 12.0. The second kappa shape index (κ2) is 10.3. The van der Waals surface area contributed by atoms with Crippen molar-refractivity contribution in [3.63, 3.8) is 0 Å². The second-order valence-electron chi connectivity index (χ2n) is 9.15. The van der Waals surface area contributed by atoms with Gasteiger partial charge in [-0.2, -0.15) is 18.4 Å². The van der Waals surface area contributed by atoms with Gasteiger partial charge in [0.15, 0.2) is 0 Å². The maximum atomic E-state index is 13.3. The van der Waals surface area contributed by atoms with Crippen LogP contribution in [-0.4, -0.2) is 36.8 Å². The summed E-state index contributed by atoms with van der Waals surface area (Å²) in [5.74, 6) is -0.597. The Balaban J connectivity index is 1.51. The molecular weight excluding hydrogens is 563 g/mol. The number of nitrogens with zero attached hydrogens (tertiary/aromatic N) is 5. The molecule has 3 aromatic heterocycles. The van der Waals surface area contributed by atoms with Crippen LogP contribution in [0.3, 0.4) is 0 Å². The van der Waals surface area contributed by atoms with Crippen molar-refractivity contribution in [1.29, 1.82) is 5.26 Å². The van der Waals surface area contributed by atoms with E-state index in [1.54, 1.807) is 41.9 Å². The van der Waals surface area contributed by atoms with E-state index in [1.165, 1.54) is 23.9 Å². The summed E-state index contributed by atoms with van der Waals surface area (Å²) in [7, 11) is 1.69. The van der Waals surface area contributed by atoms with Crippen molar-refractivity contribution in [2.45, 2.75) is 19.6 Å². The smallest absolute Gasteiger partial charge is 0.416 e. The number of aromatic carboxylic acids is 1. The minimum absolute atomic E-state index is 0.0271.